The largest absolute Gasteiger partial charge is 0.359 e. The second kappa shape index (κ2) is 5.87. The van der Waals surface area contributed by atoms with Gasteiger partial charge in [-0.3, -0.25) is 0 Å². The van der Waals surface area contributed by atoms with Crippen molar-refractivity contribution < 1.29 is 8.42 Å². The Labute approximate surface area is 125 Å². The Balaban J connectivity index is 2.04. The van der Waals surface area contributed by atoms with Crippen LogP contribution in [0.4, 0.5) is 5.82 Å². The predicted molar refractivity (Wildman–Crippen MR) is 80.7 cm³/mol. The Hall–Kier alpha value is -0.850. The lowest BCUT2D eigenvalue weighted by atomic mass is 9.84. The van der Waals surface area contributed by atoms with Crippen LogP contribution in [0.1, 0.15) is 12.8 Å². The van der Waals surface area contributed by atoms with Gasteiger partial charge in [0, 0.05) is 39.3 Å². The second-order valence-corrected chi connectivity index (χ2v) is 8.22. The molecule has 1 aliphatic rings. The van der Waals surface area contributed by atoms with Crippen molar-refractivity contribution in [3.63, 3.8) is 0 Å². The van der Waals surface area contributed by atoms with Gasteiger partial charge in [-0.25, -0.2) is 17.7 Å². The molecule has 0 amide bonds. The summed E-state index contributed by atoms with van der Waals surface area (Å²) < 4.78 is 25.1. The molecular weight excluding hydrogens is 298 g/mol. The van der Waals surface area contributed by atoms with Gasteiger partial charge in [-0.15, -0.1) is 11.6 Å². The highest BCUT2D eigenvalue weighted by atomic mass is 35.5. The Morgan fingerprint density at radius 2 is 1.95 bits per heavy atom. The molecule has 20 heavy (non-hydrogen) atoms. The van der Waals surface area contributed by atoms with Gasteiger partial charge in [0.25, 0.3) is 0 Å². The number of alkyl halides is 1. The highest BCUT2D eigenvalue weighted by Crippen LogP contribution is 2.32. The van der Waals surface area contributed by atoms with Crippen LogP contribution in [0.2, 0.25) is 0 Å². The molecule has 7 heteroatoms. The van der Waals surface area contributed by atoms with Crippen molar-refractivity contribution in [3.8, 4) is 0 Å². The quantitative estimate of drug-likeness (QED) is 0.777. The molecule has 0 radical (unpaired) electrons. The van der Waals surface area contributed by atoms with Crippen molar-refractivity contribution in [3.05, 3.63) is 18.3 Å². The maximum Gasteiger partial charge on any atom is 0.244 e. The van der Waals surface area contributed by atoms with E-state index in [0.717, 1.165) is 25.2 Å². The van der Waals surface area contributed by atoms with Crippen LogP contribution in [0.5, 0.6) is 0 Å². The number of halogens is 1. The van der Waals surface area contributed by atoms with E-state index >= 15 is 0 Å². The summed E-state index contributed by atoms with van der Waals surface area (Å²) in [7, 11) is 1.57. The minimum absolute atomic E-state index is 0.212. The molecule has 0 N–H and O–H groups in total. The Morgan fingerprint density at radius 3 is 2.40 bits per heavy atom. The fraction of sp³-hybridized carbons (Fsp3) is 0.615. The molecule has 0 spiro atoms. The first-order valence-corrected chi connectivity index (χ1v) is 8.42. The predicted octanol–water partition coefficient (Wildman–Crippen LogP) is 1.79. The van der Waals surface area contributed by atoms with Crippen molar-refractivity contribution >= 4 is 27.4 Å². The molecule has 1 heterocycles. The Morgan fingerprint density at radius 1 is 1.30 bits per heavy atom. The van der Waals surface area contributed by atoms with E-state index in [2.05, 4.69) is 4.98 Å². The second-order valence-electron chi connectivity index (χ2n) is 5.45. The summed E-state index contributed by atoms with van der Waals surface area (Å²) in [6, 6.07) is 3.34. The van der Waals surface area contributed by atoms with E-state index < -0.39 is 10.0 Å². The first-order valence-electron chi connectivity index (χ1n) is 6.54. The van der Waals surface area contributed by atoms with Crippen LogP contribution in [0.3, 0.4) is 0 Å². The standard InChI is InChI=1S/C13H20ClN3O2S/c1-16(2)20(18,19)12-4-5-13(15-8-12)17(3)9-10-6-11(14)7-10/h4-5,8,10-11H,6-7,9H2,1-3H3. The SMILES string of the molecule is CN(CC1CC(Cl)C1)c1ccc(S(=O)(=O)N(C)C)cn1. The molecule has 1 aromatic rings. The van der Waals surface area contributed by atoms with Gasteiger partial charge in [-0.05, 0) is 30.9 Å². The third-order valence-electron chi connectivity index (χ3n) is 3.60. The Bertz CT molecular complexity index is 553. The van der Waals surface area contributed by atoms with E-state index in [1.165, 1.54) is 24.6 Å². The summed E-state index contributed by atoms with van der Waals surface area (Å²) in [4.78, 5) is 6.50. The van der Waals surface area contributed by atoms with E-state index in [9.17, 15) is 8.42 Å². The molecule has 0 atom stereocenters. The zero-order chi connectivity index (χ0) is 14.9. The third-order valence-corrected chi connectivity index (χ3v) is 5.76. The zero-order valence-corrected chi connectivity index (χ0v) is 13.5. The molecule has 0 aromatic carbocycles. The molecule has 1 aromatic heterocycles. The molecule has 112 valence electrons. The highest BCUT2D eigenvalue weighted by Gasteiger charge is 2.28. The normalized spacial score (nSPS) is 22.6. The highest BCUT2D eigenvalue weighted by molar-refractivity contribution is 7.89. The lowest BCUT2D eigenvalue weighted by molar-refractivity contribution is 0.328. The monoisotopic (exact) mass is 317 g/mol. The number of pyridine rings is 1. The van der Waals surface area contributed by atoms with Gasteiger partial charge in [-0.2, -0.15) is 0 Å². The lowest BCUT2D eigenvalue weighted by Crippen LogP contribution is -2.35. The molecule has 1 saturated carbocycles. The van der Waals surface area contributed by atoms with Gasteiger partial charge in [0.1, 0.15) is 10.7 Å². The third kappa shape index (κ3) is 3.24. The van der Waals surface area contributed by atoms with Crippen LogP contribution in [0.25, 0.3) is 0 Å². The number of anilines is 1. The number of sulfonamides is 1. The molecule has 0 bridgehead atoms. The van der Waals surface area contributed by atoms with Gasteiger partial charge >= 0.3 is 0 Å². The van der Waals surface area contributed by atoms with Crippen molar-refractivity contribution in [2.75, 3.05) is 32.6 Å². The van der Waals surface area contributed by atoms with E-state index in [0.29, 0.717) is 11.3 Å². The molecule has 0 saturated heterocycles. The first-order chi connectivity index (χ1) is 9.30. The van der Waals surface area contributed by atoms with Crippen LogP contribution in [0.15, 0.2) is 23.2 Å². The number of hydrogen-bond donors (Lipinski definition) is 0. The molecular formula is C13H20ClN3O2S. The van der Waals surface area contributed by atoms with E-state index in [-0.39, 0.29) is 4.90 Å². The van der Waals surface area contributed by atoms with Gasteiger partial charge in [0.2, 0.25) is 10.0 Å². The summed E-state index contributed by atoms with van der Waals surface area (Å²) >= 11 is 5.97. The molecule has 2 rings (SSSR count). The van der Waals surface area contributed by atoms with E-state index in [4.69, 9.17) is 11.6 Å². The molecule has 0 unspecified atom stereocenters. The summed E-state index contributed by atoms with van der Waals surface area (Å²) in [6.07, 6.45) is 3.49. The maximum atomic E-state index is 11.9. The van der Waals surface area contributed by atoms with Crippen LogP contribution in [0, 0.1) is 5.92 Å². The van der Waals surface area contributed by atoms with Gasteiger partial charge in [-0.1, -0.05) is 0 Å². The van der Waals surface area contributed by atoms with Crippen LogP contribution < -0.4 is 4.90 Å². The van der Waals surface area contributed by atoms with Gasteiger partial charge in [0.05, 0.1) is 0 Å². The van der Waals surface area contributed by atoms with Crippen LogP contribution in [-0.4, -0.2) is 50.8 Å². The van der Waals surface area contributed by atoms with Gasteiger partial charge in [0.15, 0.2) is 0 Å². The topological polar surface area (TPSA) is 53.5 Å². The molecule has 1 fully saturated rings. The van der Waals surface area contributed by atoms with E-state index in [1.54, 1.807) is 12.1 Å². The Kier molecular flexibility index (Phi) is 4.56. The molecule has 0 aliphatic heterocycles. The number of nitrogens with zero attached hydrogens (tertiary/aromatic N) is 3. The summed E-state index contributed by atoms with van der Waals surface area (Å²) in [6.45, 7) is 0.899. The number of hydrogen-bond acceptors (Lipinski definition) is 4. The minimum Gasteiger partial charge on any atom is -0.359 e. The van der Waals surface area contributed by atoms with Crippen molar-refractivity contribution in [1.29, 1.82) is 0 Å². The average Bonchev–Trinajstić information content (AvgIpc) is 2.36. The summed E-state index contributed by atoms with van der Waals surface area (Å²) in [5.74, 6) is 1.38. The van der Waals surface area contributed by atoms with Crippen molar-refractivity contribution in [2.45, 2.75) is 23.1 Å². The molecule has 5 nitrogen and oxygen atoms in total. The maximum absolute atomic E-state index is 11.9. The van der Waals surface area contributed by atoms with E-state index in [1.807, 2.05) is 11.9 Å². The fourth-order valence-electron chi connectivity index (χ4n) is 2.25. The smallest absolute Gasteiger partial charge is 0.244 e. The number of aromatic nitrogens is 1. The average molecular weight is 318 g/mol. The van der Waals surface area contributed by atoms with Crippen LogP contribution >= 0.6 is 11.6 Å². The summed E-state index contributed by atoms with van der Waals surface area (Å²) in [5, 5.41) is 0.314. The molecule has 1 aliphatic carbocycles. The fourth-order valence-corrected chi connectivity index (χ4v) is 3.60. The van der Waals surface area contributed by atoms with Gasteiger partial charge < -0.3 is 4.90 Å². The summed E-state index contributed by atoms with van der Waals surface area (Å²) in [5.41, 5.74) is 0. The van der Waals surface area contributed by atoms with Crippen molar-refractivity contribution in [1.82, 2.24) is 9.29 Å². The van der Waals surface area contributed by atoms with Crippen molar-refractivity contribution in [2.24, 2.45) is 5.92 Å². The first kappa shape index (κ1) is 15.5. The number of rotatable bonds is 5. The minimum atomic E-state index is -3.41. The van der Waals surface area contributed by atoms with Crippen LogP contribution in [-0.2, 0) is 10.0 Å². The zero-order valence-electron chi connectivity index (χ0n) is 12.0. The lowest BCUT2D eigenvalue weighted by Gasteiger charge is -2.34.